The van der Waals surface area contributed by atoms with E-state index in [1.54, 1.807) is 0 Å². The fraction of sp³-hybridized carbons (Fsp3) is 0. The summed E-state index contributed by atoms with van der Waals surface area (Å²) in [5.74, 6) is -3.02. The van der Waals surface area contributed by atoms with Crippen molar-refractivity contribution in [3.8, 4) is 23.0 Å². The van der Waals surface area contributed by atoms with E-state index in [-0.39, 0.29) is 126 Å². The quantitative estimate of drug-likeness (QED) is 0.0660. The van der Waals surface area contributed by atoms with E-state index in [2.05, 4.69) is 10.2 Å². The molecular weight excluding hydrogens is 496 g/mol. The van der Waals surface area contributed by atoms with Crippen molar-refractivity contribution < 1.29 is 128 Å². The second kappa shape index (κ2) is 13.9. The van der Waals surface area contributed by atoms with Crippen LogP contribution in [0.2, 0.25) is 0 Å². The summed E-state index contributed by atoms with van der Waals surface area (Å²) >= 11 is 0. The van der Waals surface area contributed by atoms with Gasteiger partial charge in [0.05, 0.1) is 10.6 Å². The predicted molar refractivity (Wildman–Crippen MR) is 104 cm³/mol. The van der Waals surface area contributed by atoms with E-state index in [9.17, 15) is 34.4 Å². The minimum absolute atomic E-state index is 0. The van der Waals surface area contributed by atoms with Crippen molar-refractivity contribution in [2.24, 2.45) is 10.2 Å². The molecule has 3 rings (SSSR count). The molecule has 0 saturated heterocycles. The van der Waals surface area contributed by atoms with Gasteiger partial charge in [-0.25, -0.2) is 0 Å². The van der Waals surface area contributed by atoms with Gasteiger partial charge in [-0.05, 0) is 24.3 Å². The molecule has 0 saturated carbocycles. The van der Waals surface area contributed by atoms with Crippen molar-refractivity contribution in [3.63, 3.8) is 0 Å². The van der Waals surface area contributed by atoms with Crippen LogP contribution in [0, 0.1) is 10.1 Å². The molecule has 0 radical (unpaired) electrons. The molecule has 0 aliphatic carbocycles. The molecule has 0 bridgehead atoms. The first kappa shape index (κ1) is 31.3. The first-order valence-corrected chi connectivity index (χ1v) is 8.01. The van der Waals surface area contributed by atoms with Crippen LogP contribution in [0.25, 0.3) is 0 Å². The van der Waals surface area contributed by atoms with Crippen LogP contribution in [0.3, 0.4) is 0 Å². The zero-order valence-electron chi connectivity index (χ0n) is 17.1. The summed E-state index contributed by atoms with van der Waals surface area (Å²) in [7, 11) is 0. The summed E-state index contributed by atoms with van der Waals surface area (Å²) in [5.41, 5.74) is -5.81. The Labute approximate surface area is 267 Å². The number of nitrogens with zero attached hydrogens (tertiary/aromatic N) is 3. The molecule has 0 amide bonds. The molecule has 0 fully saturated rings. The average molecular weight is 507 g/mol. The maximum atomic E-state index is 10.5. The summed E-state index contributed by atoms with van der Waals surface area (Å²) in [6.07, 6.45) is 0. The third kappa shape index (κ3) is 8.25. The van der Waals surface area contributed by atoms with Gasteiger partial charge in [-0.3, -0.25) is 29.3 Å². The minimum atomic E-state index is -1.63. The molecular formula is C18H11K2N3O10+2. The number of rotatable bonds is 3. The number of hydrogen-bond donors (Lipinski definition) is 4. The number of hydrogen-bond acceptors (Lipinski definition) is 12. The van der Waals surface area contributed by atoms with E-state index in [0.717, 1.165) is 6.07 Å². The summed E-state index contributed by atoms with van der Waals surface area (Å²) in [4.78, 5) is 51.9. The van der Waals surface area contributed by atoms with Crippen LogP contribution >= 0.6 is 0 Å². The molecule has 13 nitrogen and oxygen atoms in total. The second-order valence-electron chi connectivity index (χ2n) is 5.66. The monoisotopic (exact) mass is 507 g/mol. The van der Waals surface area contributed by atoms with Crippen LogP contribution in [0.15, 0.2) is 71.9 Å². The van der Waals surface area contributed by atoms with Crippen molar-refractivity contribution in [1.82, 2.24) is 0 Å². The van der Waals surface area contributed by atoms with Gasteiger partial charge in [0.2, 0.25) is 11.5 Å². The Bertz CT molecular complexity index is 1340. The molecule has 0 aliphatic heterocycles. The number of phenols is 4. The van der Waals surface area contributed by atoms with E-state index in [0.29, 0.717) is 5.69 Å². The van der Waals surface area contributed by atoms with Crippen molar-refractivity contribution in [3.05, 3.63) is 93.5 Å². The molecule has 0 atom stereocenters. The number of phenolic OH excluding ortho intramolecular Hbond substituents is 4. The SMILES string of the molecule is O=[N+]([O-])c1ccc(N=Nc2ccc(O)cc2O)cc1.O=c1c(O)c(O)c(=O)c(=O)c1=O.[K+].[K+]. The van der Waals surface area contributed by atoms with Gasteiger partial charge in [0.25, 0.3) is 27.4 Å². The molecule has 3 aromatic rings. The number of nitro benzene ring substituents is 1. The topological polar surface area (TPSA) is 217 Å². The Morgan fingerprint density at radius 2 is 1.18 bits per heavy atom. The third-order valence-electron chi connectivity index (χ3n) is 3.57. The van der Waals surface area contributed by atoms with Gasteiger partial charge in [0.15, 0.2) is 0 Å². The summed E-state index contributed by atoms with van der Waals surface area (Å²) < 4.78 is 0. The summed E-state index contributed by atoms with van der Waals surface area (Å²) in [5, 5.41) is 53.9. The maximum absolute atomic E-state index is 10.5. The van der Waals surface area contributed by atoms with Gasteiger partial charge in [-0.15, -0.1) is 5.11 Å². The molecule has 33 heavy (non-hydrogen) atoms. The van der Waals surface area contributed by atoms with Gasteiger partial charge in [-0.2, -0.15) is 5.11 Å². The molecule has 0 unspecified atom stereocenters. The van der Waals surface area contributed by atoms with E-state index in [1.165, 1.54) is 36.4 Å². The zero-order chi connectivity index (χ0) is 23.3. The fourth-order valence-corrected chi connectivity index (χ4v) is 1.99. The number of azo groups is 1. The molecule has 158 valence electrons. The first-order chi connectivity index (χ1) is 14.5. The van der Waals surface area contributed by atoms with E-state index >= 15 is 0 Å². The normalized spacial score (nSPS) is 9.82. The Balaban J connectivity index is 0.000000640. The van der Waals surface area contributed by atoms with Crippen molar-refractivity contribution in [1.29, 1.82) is 0 Å². The number of benzene rings is 3. The van der Waals surface area contributed by atoms with Gasteiger partial charge in [0, 0.05) is 18.2 Å². The predicted octanol–water partition coefficient (Wildman–Crippen LogP) is -5.16. The van der Waals surface area contributed by atoms with Crippen LogP contribution in [-0.4, -0.2) is 25.3 Å². The number of aromatic hydroxyl groups is 4. The second-order valence-corrected chi connectivity index (χ2v) is 5.66. The van der Waals surface area contributed by atoms with Crippen LogP contribution < -0.4 is 124 Å². The molecule has 4 N–H and O–H groups in total. The number of nitro groups is 1. The Hall–Kier alpha value is -1.67. The molecule has 0 heterocycles. The van der Waals surface area contributed by atoms with Gasteiger partial charge >= 0.3 is 103 Å². The third-order valence-corrected chi connectivity index (χ3v) is 3.57. The zero-order valence-corrected chi connectivity index (χ0v) is 23.4. The van der Waals surface area contributed by atoms with E-state index in [1.807, 2.05) is 0 Å². The standard InChI is InChI=1S/C12H9N3O4.C6H2O6.2K/c16-10-5-6-11(12(17)7-10)14-13-8-1-3-9(4-2-8)15(18)19;7-1-2(8)4(10)6(12)5(11)3(1)9;;/h1-7,16-17H;7-8H;;/q;;2*+1. The van der Waals surface area contributed by atoms with Crippen LogP contribution in [0.5, 0.6) is 23.0 Å². The Kier molecular flexibility index (Phi) is 13.2. The molecule has 15 heteroatoms. The molecule has 0 spiro atoms. The van der Waals surface area contributed by atoms with Crippen molar-refractivity contribution >= 4 is 17.1 Å². The van der Waals surface area contributed by atoms with Gasteiger partial charge in [-0.1, -0.05) is 0 Å². The summed E-state index contributed by atoms with van der Waals surface area (Å²) in [6.45, 7) is 0. The fourth-order valence-electron chi connectivity index (χ4n) is 1.99. The van der Waals surface area contributed by atoms with Gasteiger partial charge < -0.3 is 20.4 Å². The first-order valence-electron chi connectivity index (χ1n) is 8.01. The number of non-ortho nitro benzene ring substituents is 1. The van der Waals surface area contributed by atoms with Crippen LogP contribution in [0.1, 0.15) is 0 Å². The molecule has 3 aromatic carbocycles. The largest absolute Gasteiger partial charge is 1.00 e. The van der Waals surface area contributed by atoms with Crippen LogP contribution in [0.4, 0.5) is 17.1 Å². The average Bonchev–Trinajstić information content (AvgIpc) is 2.75. The Morgan fingerprint density at radius 1 is 0.697 bits per heavy atom. The Morgan fingerprint density at radius 3 is 1.61 bits per heavy atom. The van der Waals surface area contributed by atoms with Crippen LogP contribution in [-0.2, 0) is 0 Å². The molecule has 0 aromatic heterocycles. The van der Waals surface area contributed by atoms with E-state index in [4.69, 9.17) is 15.3 Å². The van der Waals surface area contributed by atoms with Crippen molar-refractivity contribution in [2.45, 2.75) is 0 Å². The van der Waals surface area contributed by atoms with E-state index < -0.39 is 38.1 Å². The smallest absolute Gasteiger partial charge is 0.508 e. The van der Waals surface area contributed by atoms with Crippen molar-refractivity contribution in [2.75, 3.05) is 0 Å². The van der Waals surface area contributed by atoms with Gasteiger partial charge in [0.1, 0.15) is 17.2 Å². The maximum Gasteiger partial charge on any atom is 1.00 e. The summed E-state index contributed by atoms with van der Waals surface area (Å²) in [6, 6.07) is 9.42. The minimum Gasteiger partial charge on any atom is -0.508 e. The molecule has 0 aliphatic rings.